The topological polar surface area (TPSA) is 91.3 Å². The molecule has 1 aromatic heterocycles. The number of amides is 2. The van der Waals surface area contributed by atoms with E-state index in [0.29, 0.717) is 11.6 Å². The first-order chi connectivity index (χ1) is 9.04. The van der Waals surface area contributed by atoms with Crippen LogP contribution in [0.3, 0.4) is 0 Å². The van der Waals surface area contributed by atoms with E-state index in [2.05, 4.69) is 15.6 Å². The van der Waals surface area contributed by atoms with Gasteiger partial charge in [0.2, 0.25) is 0 Å². The summed E-state index contributed by atoms with van der Waals surface area (Å²) < 4.78 is 0. The molecule has 2 amide bonds. The van der Waals surface area contributed by atoms with Gasteiger partial charge in [-0.25, -0.2) is 9.78 Å². The second-order valence-electron chi connectivity index (χ2n) is 4.67. The molecule has 104 valence electrons. The molecule has 0 spiro atoms. The summed E-state index contributed by atoms with van der Waals surface area (Å²) in [7, 11) is 0. The van der Waals surface area contributed by atoms with Crippen LogP contribution in [0.5, 0.6) is 0 Å². The van der Waals surface area contributed by atoms with Gasteiger partial charge in [0.25, 0.3) is 0 Å². The van der Waals surface area contributed by atoms with Gasteiger partial charge in [0, 0.05) is 17.3 Å². The molecule has 0 aliphatic heterocycles. The number of hydrogen-bond acceptors (Lipinski definition) is 4. The van der Waals surface area contributed by atoms with E-state index in [4.69, 9.17) is 5.11 Å². The number of aromatic nitrogens is 1. The van der Waals surface area contributed by atoms with Gasteiger partial charge >= 0.3 is 12.0 Å². The number of carbonyl (C=O) groups is 2. The molecule has 0 radical (unpaired) electrons. The number of nitrogens with zero attached hydrogens (tertiary/aromatic N) is 1. The lowest BCUT2D eigenvalue weighted by Gasteiger charge is -2.12. The zero-order valence-corrected chi connectivity index (χ0v) is 11.5. The number of urea groups is 1. The van der Waals surface area contributed by atoms with Gasteiger partial charge in [-0.1, -0.05) is 0 Å². The predicted octanol–water partition coefficient (Wildman–Crippen LogP) is 2.01. The van der Waals surface area contributed by atoms with Crippen molar-refractivity contribution >= 4 is 28.5 Å². The lowest BCUT2D eigenvalue weighted by atomic mass is 10.2. The first-order valence-electron chi connectivity index (χ1n) is 6.32. The third kappa shape index (κ3) is 3.92. The summed E-state index contributed by atoms with van der Waals surface area (Å²) in [4.78, 5) is 27.7. The highest BCUT2D eigenvalue weighted by molar-refractivity contribution is 7.15. The Labute approximate surface area is 115 Å². The predicted molar refractivity (Wildman–Crippen MR) is 72.6 cm³/mol. The molecule has 0 bridgehead atoms. The number of carboxylic acid groups (broad SMARTS) is 1. The van der Waals surface area contributed by atoms with Crippen molar-refractivity contribution in [3.8, 4) is 0 Å². The van der Waals surface area contributed by atoms with Crippen molar-refractivity contribution in [1.29, 1.82) is 0 Å². The molecular formula is C12H17N3O3S. The normalized spacial score (nSPS) is 14.8. The van der Waals surface area contributed by atoms with Crippen molar-refractivity contribution in [2.75, 3.05) is 5.32 Å². The van der Waals surface area contributed by atoms with E-state index >= 15 is 0 Å². The van der Waals surface area contributed by atoms with Crippen molar-refractivity contribution in [1.82, 2.24) is 10.3 Å². The number of carbonyl (C=O) groups excluding carboxylic acids is 1. The molecule has 6 nitrogen and oxygen atoms in total. The smallest absolute Gasteiger partial charge is 0.321 e. The standard InChI is InChI=1S/C12H17N3O3S/c1-7(5-6-10(16)17)13-11(18)15-12-14-8-3-2-4-9(8)19-12/h7H,2-6H2,1H3,(H,16,17)(H2,13,14,15,18). The lowest BCUT2D eigenvalue weighted by Crippen LogP contribution is -2.36. The Morgan fingerprint density at radius 3 is 2.95 bits per heavy atom. The van der Waals surface area contributed by atoms with Crippen LogP contribution in [0.4, 0.5) is 9.93 Å². The minimum atomic E-state index is -0.856. The number of thiazole rings is 1. The molecule has 1 atom stereocenters. The zero-order valence-electron chi connectivity index (χ0n) is 10.7. The minimum Gasteiger partial charge on any atom is -0.481 e. The molecule has 7 heteroatoms. The summed E-state index contributed by atoms with van der Waals surface area (Å²) in [5, 5.41) is 14.6. The molecule has 0 aromatic carbocycles. The summed E-state index contributed by atoms with van der Waals surface area (Å²) in [5.41, 5.74) is 1.10. The minimum absolute atomic E-state index is 0.0486. The molecule has 0 saturated heterocycles. The Kier molecular flexibility index (Phi) is 4.36. The maximum atomic E-state index is 11.7. The van der Waals surface area contributed by atoms with E-state index in [1.165, 1.54) is 16.2 Å². The Balaban J connectivity index is 1.78. The molecule has 1 aliphatic carbocycles. The second-order valence-corrected chi connectivity index (χ2v) is 5.76. The van der Waals surface area contributed by atoms with Crippen LogP contribution in [0.1, 0.15) is 36.8 Å². The third-order valence-corrected chi connectivity index (χ3v) is 4.06. The maximum absolute atomic E-state index is 11.7. The first kappa shape index (κ1) is 13.8. The number of hydrogen-bond donors (Lipinski definition) is 3. The van der Waals surface area contributed by atoms with Gasteiger partial charge in [-0.15, -0.1) is 11.3 Å². The number of fused-ring (bicyclic) bond motifs is 1. The number of carboxylic acids is 1. The number of nitrogens with one attached hydrogen (secondary N) is 2. The fraction of sp³-hybridized carbons (Fsp3) is 0.583. The summed E-state index contributed by atoms with van der Waals surface area (Å²) in [6.07, 6.45) is 3.65. The molecule has 1 heterocycles. The molecule has 3 N–H and O–H groups in total. The van der Waals surface area contributed by atoms with Crippen molar-refractivity contribution in [3.05, 3.63) is 10.6 Å². The van der Waals surface area contributed by atoms with Crippen molar-refractivity contribution in [2.24, 2.45) is 0 Å². The van der Waals surface area contributed by atoms with Crippen molar-refractivity contribution < 1.29 is 14.7 Å². The summed E-state index contributed by atoms with van der Waals surface area (Å²) in [6.45, 7) is 1.78. The quantitative estimate of drug-likeness (QED) is 0.771. The molecule has 0 saturated carbocycles. The van der Waals surface area contributed by atoms with Crippen molar-refractivity contribution in [2.45, 2.75) is 45.1 Å². The van der Waals surface area contributed by atoms with Gasteiger partial charge in [-0.2, -0.15) is 0 Å². The Hall–Kier alpha value is -1.63. The first-order valence-corrected chi connectivity index (χ1v) is 7.14. The van der Waals surface area contributed by atoms with Crippen LogP contribution >= 0.6 is 11.3 Å². The molecule has 1 aliphatic rings. The number of rotatable bonds is 5. The fourth-order valence-electron chi connectivity index (χ4n) is 2.01. The molecule has 1 aromatic rings. The zero-order chi connectivity index (χ0) is 13.8. The van der Waals surface area contributed by atoms with Crippen molar-refractivity contribution in [3.63, 3.8) is 0 Å². The van der Waals surface area contributed by atoms with Gasteiger partial charge in [0.1, 0.15) is 0 Å². The van der Waals surface area contributed by atoms with E-state index in [0.717, 1.165) is 25.0 Å². The molecule has 0 fully saturated rings. The Morgan fingerprint density at radius 2 is 2.26 bits per heavy atom. The molecule has 1 unspecified atom stereocenters. The van der Waals surface area contributed by atoms with Gasteiger partial charge in [0.15, 0.2) is 5.13 Å². The van der Waals surface area contributed by atoms with Crippen LogP contribution < -0.4 is 10.6 Å². The van der Waals surface area contributed by atoms with E-state index in [-0.39, 0.29) is 18.5 Å². The van der Waals surface area contributed by atoms with Crippen LogP contribution in [-0.2, 0) is 17.6 Å². The van der Waals surface area contributed by atoms with Gasteiger partial charge in [-0.05, 0) is 32.6 Å². The van der Waals surface area contributed by atoms with E-state index in [1.54, 1.807) is 6.92 Å². The van der Waals surface area contributed by atoms with Crippen LogP contribution in [0.2, 0.25) is 0 Å². The summed E-state index contributed by atoms with van der Waals surface area (Å²) in [5.74, 6) is -0.856. The molecular weight excluding hydrogens is 266 g/mol. The molecule has 19 heavy (non-hydrogen) atoms. The summed E-state index contributed by atoms with van der Waals surface area (Å²) in [6, 6.07) is -0.506. The van der Waals surface area contributed by atoms with Crippen LogP contribution in [0, 0.1) is 0 Å². The van der Waals surface area contributed by atoms with Gasteiger partial charge in [0.05, 0.1) is 5.69 Å². The van der Waals surface area contributed by atoms with E-state index < -0.39 is 5.97 Å². The highest BCUT2D eigenvalue weighted by Crippen LogP contribution is 2.30. The third-order valence-electron chi connectivity index (χ3n) is 2.98. The highest BCUT2D eigenvalue weighted by Gasteiger charge is 2.18. The largest absolute Gasteiger partial charge is 0.481 e. The van der Waals surface area contributed by atoms with E-state index in [9.17, 15) is 9.59 Å². The van der Waals surface area contributed by atoms with E-state index in [1.807, 2.05) is 0 Å². The Bertz CT molecular complexity index is 465. The van der Waals surface area contributed by atoms with Crippen LogP contribution in [0.15, 0.2) is 0 Å². The van der Waals surface area contributed by atoms with Crippen LogP contribution in [0.25, 0.3) is 0 Å². The van der Waals surface area contributed by atoms with Gasteiger partial charge < -0.3 is 10.4 Å². The second kappa shape index (κ2) is 6.01. The average Bonchev–Trinajstić information content (AvgIpc) is 2.86. The highest BCUT2D eigenvalue weighted by atomic mass is 32.1. The number of anilines is 1. The SMILES string of the molecule is CC(CCC(=O)O)NC(=O)Nc1nc2c(s1)CCC2. The number of aliphatic carboxylic acids is 1. The molecule has 2 rings (SSSR count). The summed E-state index contributed by atoms with van der Waals surface area (Å²) >= 11 is 1.52. The Morgan fingerprint density at radius 1 is 1.47 bits per heavy atom. The monoisotopic (exact) mass is 283 g/mol. The number of aryl methyl sites for hydroxylation is 2. The maximum Gasteiger partial charge on any atom is 0.321 e. The van der Waals surface area contributed by atoms with Gasteiger partial charge in [-0.3, -0.25) is 10.1 Å². The average molecular weight is 283 g/mol. The lowest BCUT2D eigenvalue weighted by molar-refractivity contribution is -0.137. The fourth-order valence-corrected chi connectivity index (χ4v) is 3.06. The van der Waals surface area contributed by atoms with Crippen LogP contribution in [-0.4, -0.2) is 28.1 Å².